The van der Waals surface area contributed by atoms with Gasteiger partial charge in [-0.3, -0.25) is 0 Å². The first kappa shape index (κ1) is 19.0. The van der Waals surface area contributed by atoms with Crippen molar-refractivity contribution in [3.05, 3.63) is 58.7 Å². The number of nitrogens with one attached hydrogen (secondary N) is 1. The average Bonchev–Trinajstić information content (AvgIpc) is 3.06. The third-order valence-corrected chi connectivity index (χ3v) is 8.63. The second-order valence-electron chi connectivity index (χ2n) is 9.89. The van der Waals surface area contributed by atoms with Crippen LogP contribution in [0.25, 0.3) is 0 Å². The lowest BCUT2D eigenvalue weighted by molar-refractivity contribution is 0.0400. The summed E-state index contributed by atoms with van der Waals surface area (Å²) in [4.78, 5) is 0. The molecule has 5 atom stereocenters. The van der Waals surface area contributed by atoms with Crippen LogP contribution in [0.3, 0.4) is 0 Å². The lowest BCUT2D eigenvalue weighted by atomic mass is 9.55. The molecule has 0 aromatic heterocycles. The highest BCUT2D eigenvalue weighted by molar-refractivity contribution is 5.48. The van der Waals surface area contributed by atoms with Gasteiger partial charge in [-0.25, -0.2) is 0 Å². The fraction of sp³-hybridized carbons (Fsp3) is 0.538. The molecule has 0 radical (unpaired) electrons. The van der Waals surface area contributed by atoms with Crippen LogP contribution in [0.15, 0.2) is 36.4 Å². The molecule has 154 valence electrons. The first-order valence-electron chi connectivity index (χ1n) is 11.3. The predicted molar refractivity (Wildman–Crippen MR) is 116 cm³/mol. The first-order valence-corrected chi connectivity index (χ1v) is 11.3. The van der Waals surface area contributed by atoms with Crippen LogP contribution < -0.4 is 5.32 Å². The molecule has 2 saturated carbocycles. The SMILES string of the molecule is Cc1ccc(O)c2c1CCC1C2CC[C@@]2(C)C1CC[C@H]2NCc1ccccc1O. The molecule has 2 aromatic carbocycles. The molecule has 0 bridgehead atoms. The number of rotatable bonds is 3. The Morgan fingerprint density at radius 1 is 1.00 bits per heavy atom. The van der Waals surface area contributed by atoms with E-state index >= 15 is 0 Å². The van der Waals surface area contributed by atoms with Crippen molar-refractivity contribution in [2.75, 3.05) is 0 Å². The summed E-state index contributed by atoms with van der Waals surface area (Å²) < 4.78 is 0. The normalized spacial score (nSPS) is 33.0. The molecule has 3 aliphatic rings. The molecule has 3 heteroatoms. The second-order valence-corrected chi connectivity index (χ2v) is 9.89. The third kappa shape index (κ3) is 2.97. The Hall–Kier alpha value is -2.00. The Bertz CT molecular complexity index is 923. The number of para-hydroxylation sites is 1. The number of hydrogen-bond donors (Lipinski definition) is 3. The van der Waals surface area contributed by atoms with Crippen molar-refractivity contribution in [3.8, 4) is 11.5 Å². The van der Waals surface area contributed by atoms with Crippen LogP contribution in [-0.4, -0.2) is 16.3 Å². The summed E-state index contributed by atoms with van der Waals surface area (Å²) in [5.41, 5.74) is 5.33. The van der Waals surface area contributed by atoms with Gasteiger partial charge in [-0.1, -0.05) is 31.2 Å². The summed E-state index contributed by atoms with van der Waals surface area (Å²) >= 11 is 0. The molecule has 0 spiro atoms. The van der Waals surface area contributed by atoms with Gasteiger partial charge in [0.05, 0.1) is 0 Å². The highest BCUT2D eigenvalue weighted by Crippen LogP contribution is 2.62. The van der Waals surface area contributed by atoms with Crippen molar-refractivity contribution in [1.82, 2.24) is 5.32 Å². The minimum atomic E-state index is 0.308. The van der Waals surface area contributed by atoms with Gasteiger partial charge in [0, 0.05) is 23.7 Å². The van der Waals surface area contributed by atoms with E-state index in [1.54, 1.807) is 6.07 Å². The van der Waals surface area contributed by atoms with Crippen LogP contribution in [0.2, 0.25) is 0 Å². The van der Waals surface area contributed by atoms with Gasteiger partial charge >= 0.3 is 0 Å². The fourth-order valence-corrected chi connectivity index (χ4v) is 7.10. The zero-order valence-electron chi connectivity index (χ0n) is 17.6. The molecule has 0 saturated heterocycles. The Balaban J connectivity index is 1.37. The van der Waals surface area contributed by atoms with Gasteiger partial charge in [-0.15, -0.1) is 0 Å². The first-order chi connectivity index (χ1) is 14.0. The van der Waals surface area contributed by atoms with Crippen LogP contribution >= 0.6 is 0 Å². The molecular weight excluding hydrogens is 358 g/mol. The van der Waals surface area contributed by atoms with Gasteiger partial charge in [0.25, 0.3) is 0 Å². The number of benzene rings is 2. The summed E-state index contributed by atoms with van der Waals surface area (Å²) in [6, 6.07) is 12.2. The second kappa shape index (κ2) is 7.05. The monoisotopic (exact) mass is 391 g/mol. The number of fused-ring (bicyclic) bond motifs is 5. The highest BCUT2D eigenvalue weighted by atomic mass is 16.3. The van der Waals surface area contributed by atoms with Crippen LogP contribution in [0.5, 0.6) is 11.5 Å². The van der Waals surface area contributed by atoms with Crippen LogP contribution in [0, 0.1) is 24.2 Å². The van der Waals surface area contributed by atoms with E-state index in [9.17, 15) is 10.2 Å². The van der Waals surface area contributed by atoms with Gasteiger partial charge in [-0.05, 0) is 91.9 Å². The molecule has 0 heterocycles. The molecule has 29 heavy (non-hydrogen) atoms. The van der Waals surface area contributed by atoms with E-state index in [1.165, 1.54) is 48.8 Å². The molecular formula is C26H33NO2. The van der Waals surface area contributed by atoms with Crippen molar-refractivity contribution in [3.63, 3.8) is 0 Å². The number of hydrogen-bond acceptors (Lipinski definition) is 3. The van der Waals surface area contributed by atoms with Crippen molar-refractivity contribution >= 4 is 0 Å². The molecule has 3 unspecified atom stereocenters. The molecule has 2 fully saturated rings. The predicted octanol–water partition coefficient (Wildman–Crippen LogP) is 5.42. The van der Waals surface area contributed by atoms with Gasteiger partial charge < -0.3 is 15.5 Å². The maximum Gasteiger partial charge on any atom is 0.120 e. The van der Waals surface area contributed by atoms with E-state index < -0.39 is 0 Å². The van der Waals surface area contributed by atoms with E-state index in [4.69, 9.17) is 0 Å². The van der Waals surface area contributed by atoms with Gasteiger partial charge in [0.15, 0.2) is 0 Å². The zero-order chi connectivity index (χ0) is 20.2. The number of phenols is 2. The molecule has 2 aromatic rings. The Morgan fingerprint density at radius 3 is 2.66 bits per heavy atom. The van der Waals surface area contributed by atoms with Gasteiger partial charge in [0.1, 0.15) is 11.5 Å². The lowest BCUT2D eigenvalue weighted by Crippen LogP contribution is -2.48. The smallest absolute Gasteiger partial charge is 0.120 e. The van der Waals surface area contributed by atoms with Crippen LogP contribution in [0.1, 0.15) is 67.2 Å². The summed E-state index contributed by atoms with van der Waals surface area (Å²) in [7, 11) is 0. The van der Waals surface area contributed by atoms with E-state index in [-0.39, 0.29) is 0 Å². The Kier molecular flexibility index (Phi) is 4.62. The fourth-order valence-electron chi connectivity index (χ4n) is 7.10. The van der Waals surface area contributed by atoms with Crippen molar-refractivity contribution in [2.24, 2.45) is 17.3 Å². The molecule has 3 nitrogen and oxygen atoms in total. The minimum absolute atomic E-state index is 0.308. The lowest BCUT2D eigenvalue weighted by Gasteiger charge is -2.51. The van der Waals surface area contributed by atoms with Gasteiger partial charge in [-0.2, -0.15) is 0 Å². The van der Waals surface area contributed by atoms with E-state index in [2.05, 4.69) is 25.2 Å². The minimum Gasteiger partial charge on any atom is -0.508 e. The Morgan fingerprint density at radius 2 is 1.83 bits per heavy atom. The largest absolute Gasteiger partial charge is 0.508 e. The average molecular weight is 392 g/mol. The number of phenolic OH excluding ortho intramolecular Hbond substituents is 2. The molecule has 5 rings (SSSR count). The van der Waals surface area contributed by atoms with Crippen molar-refractivity contribution in [2.45, 2.75) is 70.9 Å². The van der Waals surface area contributed by atoms with Crippen molar-refractivity contribution in [1.29, 1.82) is 0 Å². The summed E-state index contributed by atoms with van der Waals surface area (Å²) in [5.74, 6) is 2.84. The van der Waals surface area contributed by atoms with E-state index in [0.717, 1.165) is 24.4 Å². The zero-order valence-corrected chi connectivity index (χ0v) is 17.6. The highest BCUT2D eigenvalue weighted by Gasteiger charge is 2.55. The summed E-state index contributed by atoms with van der Waals surface area (Å²) in [6.45, 7) is 5.42. The number of aromatic hydroxyl groups is 2. The number of aryl methyl sites for hydroxylation is 1. The maximum absolute atomic E-state index is 10.7. The summed E-state index contributed by atoms with van der Waals surface area (Å²) in [6.07, 6.45) is 7.25. The summed E-state index contributed by atoms with van der Waals surface area (Å²) in [5, 5.41) is 24.6. The maximum atomic E-state index is 10.7. The standard InChI is InChI=1S/C26H33NO2/c1-16-7-11-23(29)25-18(16)8-9-19-20(25)13-14-26(2)21(19)10-12-24(26)27-15-17-5-3-4-6-22(17)28/h3-7,11,19-21,24,27-29H,8-10,12-15H2,1-2H3/t19?,20?,21?,24-,26+/m1/s1. The molecule has 0 aliphatic heterocycles. The Labute approximate surface area is 174 Å². The third-order valence-electron chi connectivity index (χ3n) is 8.63. The topological polar surface area (TPSA) is 52.5 Å². The molecule has 3 N–H and O–H groups in total. The van der Waals surface area contributed by atoms with E-state index in [1.807, 2.05) is 24.3 Å². The van der Waals surface area contributed by atoms with Crippen molar-refractivity contribution < 1.29 is 10.2 Å². The van der Waals surface area contributed by atoms with E-state index in [0.29, 0.717) is 34.8 Å². The van der Waals surface area contributed by atoms with Crippen LogP contribution in [-0.2, 0) is 13.0 Å². The quantitative estimate of drug-likeness (QED) is 0.655. The van der Waals surface area contributed by atoms with Crippen LogP contribution in [0.4, 0.5) is 0 Å². The molecule has 0 amide bonds. The van der Waals surface area contributed by atoms with Gasteiger partial charge in [0.2, 0.25) is 0 Å². The molecule has 3 aliphatic carbocycles.